The molecule has 0 bridgehead atoms. The van der Waals surface area contributed by atoms with Crippen molar-refractivity contribution >= 4 is 23.3 Å². The predicted molar refractivity (Wildman–Crippen MR) is 84.2 cm³/mol. The van der Waals surface area contributed by atoms with Gasteiger partial charge in [-0.15, -0.1) is 0 Å². The SMILES string of the molecule is CCCN(CCC)CCc1cccc2[nH]c(=S)[nH]c12. The Morgan fingerprint density at radius 3 is 2.47 bits per heavy atom. The number of nitrogens with zero attached hydrogens (tertiary/aromatic N) is 1. The van der Waals surface area contributed by atoms with Crippen molar-refractivity contribution in [2.24, 2.45) is 0 Å². The van der Waals surface area contributed by atoms with Gasteiger partial charge >= 0.3 is 0 Å². The second-order valence-electron chi connectivity index (χ2n) is 5.01. The number of hydrogen-bond donors (Lipinski definition) is 2. The van der Waals surface area contributed by atoms with Gasteiger partial charge in [0.1, 0.15) is 0 Å². The molecule has 1 aromatic carbocycles. The van der Waals surface area contributed by atoms with Crippen LogP contribution in [0.25, 0.3) is 11.0 Å². The van der Waals surface area contributed by atoms with E-state index in [2.05, 4.69) is 46.9 Å². The first-order valence-corrected chi connectivity index (χ1v) is 7.57. The van der Waals surface area contributed by atoms with Gasteiger partial charge in [-0.2, -0.15) is 0 Å². The van der Waals surface area contributed by atoms with E-state index >= 15 is 0 Å². The summed E-state index contributed by atoms with van der Waals surface area (Å²) in [5, 5.41) is 0. The molecule has 2 rings (SSSR count). The summed E-state index contributed by atoms with van der Waals surface area (Å²) in [4.78, 5) is 8.98. The largest absolute Gasteiger partial charge is 0.331 e. The maximum atomic E-state index is 5.17. The van der Waals surface area contributed by atoms with Gasteiger partial charge in [-0.3, -0.25) is 0 Å². The Bertz CT molecular complexity index is 564. The van der Waals surface area contributed by atoms with E-state index in [0.29, 0.717) is 4.77 Å². The summed E-state index contributed by atoms with van der Waals surface area (Å²) in [6, 6.07) is 6.36. The molecule has 2 N–H and O–H groups in total. The van der Waals surface area contributed by atoms with Crippen molar-refractivity contribution in [1.82, 2.24) is 14.9 Å². The van der Waals surface area contributed by atoms with Crippen molar-refractivity contribution in [2.75, 3.05) is 19.6 Å². The lowest BCUT2D eigenvalue weighted by molar-refractivity contribution is 0.278. The van der Waals surface area contributed by atoms with Crippen LogP contribution in [0.15, 0.2) is 18.2 Å². The van der Waals surface area contributed by atoms with E-state index in [9.17, 15) is 0 Å². The van der Waals surface area contributed by atoms with Gasteiger partial charge in [0.15, 0.2) is 4.77 Å². The average molecular weight is 277 g/mol. The summed E-state index contributed by atoms with van der Waals surface area (Å²) in [7, 11) is 0. The van der Waals surface area contributed by atoms with Crippen molar-refractivity contribution in [3.05, 3.63) is 28.5 Å². The smallest absolute Gasteiger partial charge is 0.175 e. The molecular weight excluding hydrogens is 254 g/mol. The average Bonchev–Trinajstić information content (AvgIpc) is 2.77. The van der Waals surface area contributed by atoms with Gasteiger partial charge in [0, 0.05) is 6.54 Å². The highest BCUT2D eigenvalue weighted by atomic mass is 32.1. The van der Waals surface area contributed by atoms with Gasteiger partial charge in [0.25, 0.3) is 0 Å². The lowest BCUT2D eigenvalue weighted by Crippen LogP contribution is -2.27. The maximum absolute atomic E-state index is 5.17. The summed E-state index contributed by atoms with van der Waals surface area (Å²) < 4.78 is 0.710. The predicted octanol–water partition coefficient (Wildman–Crippen LogP) is 3.89. The molecule has 0 atom stereocenters. The molecule has 0 unspecified atom stereocenters. The van der Waals surface area contributed by atoms with Crippen molar-refractivity contribution in [1.29, 1.82) is 0 Å². The number of aromatic amines is 2. The monoisotopic (exact) mass is 277 g/mol. The van der Waals surface area contributed by atoms with E-state index in [1.807, 2.05) is 0 Å². The second kappa shape index (κ2) is 6.87. The molecular formula is C15H23N3S. The summed E-state index contributed by atoms with van der Waals surface area (Å²) in [5.74, 6) is 0. The number of nitrogens with one attached hydrogen (secondary N) is 2. The first-order valence-electron chi connectivity index (χ1n) is 7.16. The molecule has 0 spiro atoms. The minimum Gasteiger partial charge on any atom is -0.331 e. The molecule has 1 aromatic heterocycles. The van der Waals surface area contributed by atoms with Gasteiger partial charge in [-0.05, 0) is 56.2 Å². The van der Waals surface area contributed by atoms with Gasteiger partial charge in [0.2, 0.25) is 0 Å². The molecule has 0 amide bonds. The fourth-order valence-electron chi connectivity index (χ4n) is 2.57. The van der Waals surface area contributed by atoms with Crippen LogP contribution in [-0.4, -0.2) is 34.5 Å². The van der Waals surface area contributed by atoms with Crippen LogP contribution in [0.2, 0.25) is 0 Å². The van der Waals surface area contributed by atoms with Crippen molar-refractivity contribution < 1.29 is 0 Å². The minimum absolute atomic E-state index is 0.710. The van der Waals surface area contributed by atoms with Gasteiger partial charge in [-0.25, -0.2) is 0 Å². The normalized spacial score (nSPS) is 11.5. The molecule has 4 heteroatoms. The number of rotatable bonds is 7. The fourth-order valence-corrected chi connectivity index (χ4v) is 2.79. The Morgan fingerprint density at radius 2 is 1.79 bits per heavy atom. The maximum Gasteiger partial charge on any atom is 0.175 e. The van der Waals surface area contributed by atoms with Crippen molar-refractivity contribution in [2.45, 2.75) is 33.1 Å². The highest BCUT2D eigenvalue weighted by Crippen LogP contribution is 2.16. The Morgan fingerprint density at radius 1 is 1.05 bits per heavy atom. The third-order valence-corrected chi connectivity index (χ3v) is 3.62. The fraction of sp³-hybridized carbons (Fsp3) is 0.533. The quantitative estimate of drug-likeness (QED) is 0.753. The summed E-state index contributed by atoms with van der Waals surface area (Å²) >= 11 is 5.17. The molecule has 2 aromatic rings. The zero-order chi connectivity index (χ0) is 13.7. The third-order valence-electron chi connectivity index (χ3n) is 3.41. The van der Waals surface area contributed by atoms with Crippen LogP contribution in [0.5, 0.6) is 0 Å². The molecule has 0 radical (unpaired) electrons. The van der Waals surface area contributed by atoms with Crippen molar-refractivity contribution in [3.8, 4) is 0 Å². The first-order chi connectivity index (χ1) is 9.24. The highest BCUT2D eigenvalue weighted by Gasteiger charge is 2.06. The first kappa shape index (κ1) is 14.3. The number of para-hydroxylation sites is 1. The Kier molecular flexibility index (Phi) is 5.16. The van der Waals surface area contributed by atoms with Crippen LogP contribution >= 0.6 is 12.2 Å². The van der Waals surface area contributed by atoms with Gasteiger partial charge in [0.05, 0.1) is 11.0 Å². The molecule has 104 valence electrons. The highest BCUT2D eigenvalue weighted by molar-refractivity contribution is 7.71. The molecule has 0 saturated heterocycles. The lowest BCUT2D eigenvalue weighted by atomic mass is 10.1. The summed E-state index contributed by atoms with van der Waals surface area (Å²) in [6.45, 7) is 7.98. The number of H-pyrrole nitrogens is 2. The van der Waals surface area contributed by atoms with E-state index in [0.717, 1.165) is 18.5 Å². The zero-order valence-corrected chi connectivity index (χ0v) is 12.6. The van der Waals surface area contributed by atoms with E-state index in [4.69, 9.17) is 12.2 Å². The number of fused-ring (bicyclic) bond motifs is 1. The van der Waals surface area contributed by atoms with Gasteiger partial charge in [-0.1, -0.05) is 26.0 Å². The third kappa shape index (κ3) is 3.67. The number of imidazole rings is 1. The molecule has 0 aliphatic heterocycles. The Hall–Kier alpha value is -1.13. The standard InChI is InChI=1S/C15H23N3S/c1-3-9-18(10-4-2)11-8-12-6-5-7-13-14(12)17-15(19)16-13/h5-7H,3-4,8-11H2,1-2H3,(H2,16,17,19). The number of benzene rings is 1. The zero-order valence-electron chi connectivity index (χ0n) is 11.8. The summed E-state index contributed by atoms with van der Waals surface area (Å²) in [6.07, 6.45) is 3.51. The van der Waals surface area contributed by atoms with Crippen LogP contribution < -0.4 is 0 Å². The molecule has 0 saturated carbocycles. The van der Waals surface area contributed by atoms with E-state index in [-0.39, 0.29) is 0 Å². The summed E-state index contributed by atoms with van der Waals surface area (Å²) in [5.41, 5.74) is 3.63. The van der Waals surface area contributed by atoms with Crippen LogP contribution in [0.4, 0.5) is 0 Å². The Labute approximate surface area is 120 Å². The van der Waals surface area contributed by atoms with Crippen LogP contribution in [0, 0.1) is 4.77 Å². The molecule has 1 heterocycles. The topological polar surface area (TPSA) is 34.8 Å². The molecule has 3 nitrogen and oxygen atoms in total. The van der Waals surface area contributed by atoms with Gasteiger partial charge < -0.3 is 14.9 Å². The van der Waals surface area contributed by atoms with Crippen molar-refractivity contribution in [3.63, 3.8) is 0 Å². The molecule has 19 heavy (non-hydrogen) atoms. The van der Waals surface area contributed by atoms with E-state index in [1.165, 1.54) is 37.0 Å². The van der Waals surface area contributed by atoms with E-state index < -0.39 is 0 Å². The van der Waals surface area contributed by atoms with E-state index in [1.54, 1.807) is 0 Å². The second-order valence-corrected chi connectivity index (χ2v) is 5.42. The Balaban J connectivity index is 2.10. The van der Waals surface area contributed by atoms with Crippen LogP contribution in [0.1, 0.15) is 32.3 Å². The van der Waals surface area contributed by atoms with Crippen LogP contribution in [0.3, 0.4) is 0 Å². The number of hydrogen-bond acceptors (Lipinski definition) is 2. The molecule has 0 aliphatic rings. The molecule has 0 fully saturated rings. The van der Waals surface area contributed by atoms with Crippen LogP contribution in [-0.2, 0) is 6.42 Å². The molecule has 0 aliphatic carbocycles. The number of aromatic nitrogens is 2. The minimum atomic E-state index is 0.710. The lowest BCUT2D eigenvalue weighted by Gasteiger charge is -2.20.